The van der Waals surface area contributed by atoms with Crippen LogP contribution in [0.5, 0.6) is 0 Å². The van der Waals surface area contributed by atoms with E-state index in [1.165, 1.54) is 17.3 Å². The van der Waals surface area contributed by atoms with E-state index in [1.807, 2.05) is 12.1 Å². The van der Waals surface area contributed by atoms with Crippen LogP contribution in [0.1, 0.15) is 81.3 Å². The Balaban J connectivity index is 1.66. The quantitative estimate of drug-likeness (QED) is 0.615. The number of benzene rings is 1. The predicted molar refractivity (Wildman–Crippen MR) is 140 cm³/mol. The maximum absolute atomic E-state index is 12.9. The van der Waals surface area contributed by atoms with Gasteiger partial charge in [-0.3, -0.25) is 9.69 Å². The number of nitrogens with one attached hydrogen (secondary N) is 2. The number of likely N-dealkylation sites (N-methyl/N-ethyl adjacent to an activating group) is 1. The highest BCUT2D eigenvalue weighted by atomic mass is 16.2. The molecule has 35 heavy (non-hydrogen) atoms. The number of carbonyl (C=O) groups is 1. The monoisotopic (exact) mass is 474 g/mol. The number of carbonyl (C=O) groups excluding carboxylic acids is 1. The Kier molecular flexibility index (Phi) is 7.16. The van der Waals surface area contributed by atoms with Gasteiger partial charge in [-0.1, -0.05) is 32.9 Å². The molecule has 0 saturated carbocycles. The molecule has 2 aliphatic rings. The van der Waals surface area contributed by atoms with E-state index in [0.29, 0.717) is 5.41 Å². The van der Waals surface area contributed by atoms with Crippen molar-refractivity contribution in [1.29, 1.82) is 5.26 Å². The standard InChI is InChI=1S/C28H38N6O/c1-6-33-13-15-34(16-14-33)28(4,5)21-7-8-24(32-26(35)25-30-19-22(18-29)31-25)23(17-21)20-9-11-27(2,3)12-10-20/h7-9,17,19H,6,10-16H2,1-5H3,(H,30,31)(H,32,35). The van der Waals surface area contributed by atoms with Crippen LogP contribution >= 0.6 is 0 Å². The van der Waals surface area contributed by atoms with Gasteiger partial charge in [0, 0.05) is 49.2 Å². The number of amides is 1. The number of hydrogen-bond acceptors (Lipinski definition) is 5. The third kappa shape index (κ3) is 5.50. The van der Waals surface area contributed by atoms with Gasteiger partial charge in [-0.25, -0.2) is 4.98 Å². The van der Waals surface area contributed by atoms with Gasteiger partial charge in [0.25, 0.3) is 5.91 Å². The minimum absolute atomic E-state index is 0.117. The van der Waals surface area contributed by atoms with Crippen LogP contribution < -0.4 is 5.32 Å². The lowest BCUT2D eigenvalue weighted by molar-refractivity contribution is 0.0527. The molecular weight excluding hydrogens is 436 g/mol. The number of allylic oxidation sites excluding steroid dienone is 2. The fourth-order valence-electron chi connectivity index (χ4n) is 5.10. The van der Waals surface area contributed by atoms with Gasteiger partial charge in [0.05, 0.1) is 0 Å². The van der Waals surface area contributed by atoms with Crippen LogP contribution in [0, 0.1) is 16.7 Å². The largest absolute Gasteiger partial charge is 0.339 e. The highest BCUT2D eigenvalue weighted by Gasteiger charge is 2.32. The Morgan fingerprint density at radius 1 is 1.26 bits per heavy atom. The number of hydrogen-bond donors (Lipinski definition) is 2. The SMILES string of the molecule is CCN1CCN(C(C)(C)c2ccc(NC(=O)c3nc(C#N)c[nH]3)c(C3=CCC(C)(C)CC3)c2)CC1. The summed E-state index contributed by atoms with van der Waals surface area (Å²) in [5.41, 5.74) is 4.79. The molecule has 1 aromatic carbocycles. The van der Waals surface area contributed by atoms with E-state index in [-0.39, 0.29) is 23.0 Å². The normalized spacial score (nSPS) is 19.1. The van der Waals surface area contributed by atoms with Gasteiger partial charge < -0.3 is 15.2 Å². The first-order valence-corrected chi connectivity index (χ1v) is 12.7. The molecule has 0 unspecified atom stereocenters. The molecule has 1 amide bonds. The summed E-state index contributed by atoms with van der Waals surface area (Å²) >= 11 is 0. The van der Waals surface area contributed by atoms with Crippen molar-refractivity contribution >= 4 is 17.2 Å². The summed E-state index contributed by atoms with van der Waals surface area (Å²) < 4.78 is 0. The molecule has 1 fully saturated rings. The Morgan fingerprint density at radius 2 is 2.00 bits per heavy atom. The minimum Gasteiger partial charge on any atom is -0.339 e. The zero-order valence-corrected chi connectivity index (χ0v) is 21.7. The molecule has 2 N–H and O–H groups in total. The second-order valence-corrected chi connectivity index (χ2v) is 11.0. The van der Waals surface area contributed by atoms with E-state index in [1.54, 1.807) is 0 Å². The molecule has 1 saturated heterocycles. The Hall–Kier alpha value is -2.95. The van der Waals surface area contributed by atoms with Crippen molar-refractivity contribution in [1.82, 2.24) is 19.8 Å². The van der Waals surface area contributed by atoms with Crippen molar-refractivity contribution in [3.05, 3.63) is 53.1 Å². The molecule has 7 nitrogen and oxygen atoms in total. The summed E-state index contributed by atoms with van der Waals surface area (Å²) in [7, 11) is 0. The van der Waals surface area contributed by atoms with Gasteiger partial charge in [-0.2, -0.15) is 5.26 Å². The number of nitriles is 1. The average Bonchev–Trinajstić information content (AvgIpc) is 3.34. The lowest BCUT2D eigenvalue weighted by atomic mass is 9.76. The summed E-state index contributed by atoms with van der Waals surface area (Å²) in [6, 6.07) is 8.40. The van der Waals surface area contributed by atoms with E-state index < -0.39 is 0 Å². The van der Waals surface area contributed by atoms with Gasteiger partial charge in [0.15, 0.2) is 11.5 Å². The van der Waals surface area contributed by atoms with Gasteiger partial charge in [0.1, 0.15) is 6.07 Å². The number of rotatable bonds is 6. The van der Waals surface area contributed by atoms with E-state index >= 15 is 0 Å². The topological polar surface area (TPSA) is 88.0 Å². The van der Waals surface area contributed by atoms with E-state index in [4.69, 9.17) is 5.26 Å². The van der Waals surface area contributed by atoms with E-state index in [9.17, 15) is 4.79 Å². The molecule has 0 radical (unpaired) electrons. The van der Waals surface area contributed by atoms with Crippen LogP contribution in [-0.4, -0.2) is 58.4 Å². The average molecular weight is 475 g/mol. The van der Waals surface area contributed by atoms with Crippen molar-refractivity contribution < 1.29 is 4.79 Å². The molecule has 1 aliphatic heterocycles. The maximum atomic E-state index is 12.9. The molecule has 4 rings (SSSR count). The van der Waals surface area contributed by atoms with Crippen LogP contribution in [0.15, 0.2) is 30.5 Å². The fourth-order valence-corrected chi connectivity index (χ4v) is 5.10. The Bertz CT molecular complexity index is 1140. The summed E-state index contributed by atoms with van der Waals surface area (Å²) in [5, 5.41) is 12.1. The molecule has 2 heterocycles. The molecule has 0 atom stereocenters. The zero-order valence-electron chi connectivity index (χ0n) is 21.7. The zero-order chi connectivity index (χ0) is 25.2. The molecule has 0 bridgehead atoms. The minimum atomic E-state index is -0.341. The first kappa shape index (κ1) is 25.2. The Morgan fingerprint density at radius 3 is 2.60 bits per heavy atom. The van der Waals surface area contributed by atoms with Crippen molar-refractivity contribution in [3.8, 4) is 6.07 Å². The molecule has 186 valence electrons. The maximum Gasteiger partial charge on any atom is 0.291 e. The highest BCUT2D eigenvalue weighted by molar-refractivity contribution is 6.03. The number of imidazole rings is 1. The van der Waals surface area contributed by atoms with Crippen LogP contribution in [0.4, 0.5) is 5.69 Å². The number of nitrogens with zero attached hydrogens (tertiary/aromatic N) is 4. The number of anilines is 1. The van der Waals surface area contributed by atoms with Crippen molar-refractivity contribution in [2.75, 3.05) is 38.0 Å². The summed E-state index contributed by atoms with van der Waals surface area (Å²) in [5.74, 6) is -0.198. The van der Waals surface area contributed by atoms with Gasteiger partial charge >= 0.3 is 0 Å². The fraction of sp³-hybridized carbons (Fsp3) is 0.536. The first-order chi connectivity index (χ1) is 16.6. The smallest absolute Gasteiger partial charge is 0.291 e. The molecular formula is C28H38N6O. The number of H-pyrrole nitrogens is 1. The third-order valence-electron chi connectivity index (χ3n) is 7.81. The molecule has 1 aliphatic carbocycles. The molecule has 7 heteroatoms. The van der Waals surface area contributed by atoms with Crippen molar-refractivity contribution in [3.63, 3.8) is 0 Å². The second kappa shape index (κ2) is 9.96. The number of aromatic nitrogens is 2. The number of piperazine rings is 1. The third-order valence-corrected chi connectivity index (χ3v) is 7.81. The van der Waals surface area contributed by atoms with Gasteiger partial charge in [-0.15, -0.1) is 0 Å². The lowest BCUT2D eigenvalue weighted by Crippen LogP contribution is -2.53. The van der Waals surface area contributed by atoms with Crippen molar-refractivity contribution in [2.24, 2.45) is 5.41 Å². The van der Waals surface area contributed by atoms with Crippen LogP contribution in [-0.2, 0) is 5.54 Å². The van der Waals surface area contributed by atoms with Crippen molar-refractivity contribution in [2.45, 2.75) is 59.4 Å². The first-order valence-electron chi connectivity index (χ1n) is 12.7. The highest BCUT2D eigenvalue weighted by Crippen LogP contribution is 2.41. The summed E-state index contributed by atoms with van der Waals surface area (Å²) in [6.45, 7) is 16.8. The Labute approximate surface area is 209 Å². The predicted octanol–water partition coefficient (Wildman–Crippen LogP) is 5.00. The molecule has 2 aromatic rings. The van der Waals surface area contributed by atoms with Gasteiger partial charge in [0.2, 0.25) is 0 Å². The van der Waals surface area contributed by atoms with E-state index in [0.717, 1.165) is 63.2 Å². The van der Waals surface area contributed by atoms with E-state index in [2.05, 4.69) is 77.9 Å². The second-order valence-electron chi connectivity index (χ2n) is 11.0. The molecule has 0 spiro atoms. The summed E-state index contributed by atoms with van der Waals surface area (Å²) in [4.78, 5) is 24.9. The van der Waals surface area contributed by atoms with Crippen LogP contribution in [0.3, 0.4) is 0 Å². The molecule has 1 aromatic heterocycles. The van der Waals surface area contributed by atoms with Crippen LogP contribution in [0.2, 0.25) is 0 Å². The lowest BCUT2D eigenvalue weighted by Gasteiger charge is -2.44. The number of aromatic amines is 1. The summed E-state index contributed by atoms with van der Waals surface area (Å²) in [6.07, 6.45) is 6.90. The van der Waals surface area contributed by atoms with Crippen LogP contribution in [0.25, 0.3) is 5.57 Å². The van der Waals surface area contributed by atoms with Gasteiger partial charge in [-0.05, 0) is 68.3 Å².